The van der Waals surface area contributed by atoms with Crippen LogP contribution in [0.2, 0.25) is 0 Å². The summed E-state index contributed by atoms with van der Waals surface area (Å²) in [4.78, 5) is 12.7. The van der Waals surface area contributed by atoms with Crippen LogP contribution in [-0.4, -0.2) is 22.7 Å². The molecule has 2 rings (SSSR count). The summed E-state index contributed by atoms with van der Waals surface area (Å²) < 4.78 is 0. The van der Waals surface area contributed by atoms with Gasteiger partial charge >= 0.3 is 0 Å². The first-order chi connectivity index (χ1) is 11.9. The third-order valence-electron chi connectivity index (χ3n) is 3.51. The lowest BCUT2D eigenvalue weighted by Crippen LogP contribution is -2.24. The molecule has 0 spiro atoms. The van der Waals surface area contributed by atoms with Gasteiger partial charge in [0.2, 0.25) is 5.96 Å². The molecule has 0 amide bonds. The molecule has 132 valence electrons. The number of aliphatic imine (C=N–C) groups is 2. The third kappa shape index (κ3) is 5.12. The van der Waals surface area contributed by atoms with E-state index in [0.29, 0.717) is 4.88 Å². The number of hydrogen-bond donors (Lipinski definition) is 4. The Kier molecular flexibility index (Phi) is 6.24. The number of aromatic nitrogens is 1. The number of hydrogen-bond acceptors (Lipinski definition) is 3. The van der Waals surface area contributed by atoms with Crippen molar-refractivity contribution in [3.8, 4) is 10.6 Å². The lowest BCUT2D eigenvalue weighted by atomic mass is 10.1. The van der Waals surface area contributed by atoms with E-state index in [0.717, 1.165) is 22.7 Å². The SMILES string of the molecule is CCCCc1ccc(-c2nc(C)c(C(N)=NC(=N)N=C(N)N)s2)cc1. The molecule has 0 radical (unpaired) electrons. The van der Waals surface area contributed by atoms with Gasteiger partial charge in [0, 0.05) is 5.56 Å². The van der Waals surface area contributed by atoms with Gasteiger partial charge in [-0.25, -0.2) is 4.98 Å². The van der Waals surface area contributed by atoms with E-state index in [1.54, 1.807) is 0 Å². The Bertz CT molecular complexity index is 799. The molecule has 8 heteroatoms. The maximum Gasteiger partial charge on any atom is 0.247 e. The molecule has 0 saturated heterocycles. The molecule has 7 nitrogen and oxygen atoms in total. The molecule has 2 aromatic rings. The zero-order chi connectivity index (χ0) is 18.4. The van der Waals surface area contributed by atoms with Crippen molar-refractivity contribution in [2.75, 3.05) is 0 Å². The second kappa shape index (κ2) is 8.39. The predicted octanol–water partition coefficient (Wildman–Crippen LogP) is 2.37. The number of aryl methyl sites for hydroxylation is 2. The average Bonchev–Trinajstić information content (AvgIpc) is 2.94. The fourth-order valence-corrected chi connectivity index (χ4v) is 3.24. The maximum absolute atomic E-state index is 7.59. The molecule has 0 atom stereocenters. The monoisotopic (exact) mass is 357 g/mol. The fourth-order valence-electron chi connectivity index (χ4n) is 2.26. The van der Waals surface area contributed by atoms with Crippen molar-refractivity contribution in [1.82, 2.24) is 4.98 Å². The minimum absolute atomic E-state index is 0.177. The largest absolute Gasteiger partial charge is 0.382 e. The molecule has 25 heavy (non-hydrogen) atoms. The summed E-state index contributed by atoms with van der Waals surface area (Å²) >= 11 is 1.43. The van der Waals surface area contributed by atoms with Crippen LogP contribution in [0.1, 0.15) is 35.9 Å². The Morgan fingerprint density at radius 2 is 1.84 bits per heavy atom. The van der Waals surface area contributed by atoms with Crippen LogP contribution in [-0.2, 0) is 6.42 Å². The van der Waals surface area contributed by atoms with Crippen LogP contribution in [0, 0.1) is 12.3 Å². The number of rotatable bonds is 5. The van der Waals surface area contributed by atoms with Gasteiger partial charge < -0.3 is 17.2 Å². The molecule has 0 aliphatic carbocycles. The number of thiazole rings is 1. The van der Waals surface area contributed by atoms with Crippen molar-refractivity contribution in [1.29, 1.82) is 5.41 Å². The van der Waals surface area contributed by atoms with Crippen molar-refractivity contribution < 1.29 is 0 Å². The summed E-state index contributed by atoms with van der Waals surface area (Å²) in [5, 5.41) is 8.45. The van der Waals surface area contributed by atoms with Crippen molar-refractivity contribution in [3.63, 3.8) is 0 Å². The van der Waals surface area contributed by atoms with Gasteiger partial charge in [0.25, 0.3) is 0 Å². The van der Waals surface area contributed by atoms with Crippen LogP contribution in [0.5, 0.6) is 0 Å². The second-order valence-corrected chi connectivity index (χ2v) is 6.59. The van der Waals surface area contributed by atoms with Gasteiger partial charge in [-0.15, -0.1) is 11.3 Å². The summed E-state index contributed by atoms with van der Waals surface area (Å²) in [6.45, 7) is 4.05. The Morgan fingerprint density at radius 1 is 1.16 bits per heavy atom. The average molecular weight is 357 g/mol. The van der Waals surface area contributed by atoms with Crippen LogP contribution < -0.4 is 17.2 Å². The number of nitrogens with two attached hydrogens (primary N) is 3. The Balaban J connectivity index is 2.23. The van der Waals surface area contributed by atoms with Crippen molar-refractivity contribution >= 4 is 29.1 Å². The number of guanidine groups is 2. The summed E-state index contributed by atoms with van der Waals surface area (Å²) in [7, 11) is 0. The van der Waals surface area contributed by atoms with Crippen LogP contribution in [0.15, 0.2) is 34.3 Å². The van der Waals surface area contributed by atoms with Crippen molar-refractivity contribution in [2.45, 2.75) is 33.1 Å². The smallest absolute Gasteiger partial charge is 0.247 e. The van der Waals surface area contributed by atoms with Gasteiger partial charge in [0.05, 0.1) is 10.6 Å². The normalized spacial score (nSPS) is 11.4. The molecule has 1 aromatic carbocycles. The van der Waals surface area contributed by atoms with Gasteiger partial charge in [-0.3, -0.25) is 5.41 Å². The van der Waals surface area contributed by atoms with Gasteiger partial charge in [-0.05, 0) is 25.3 Å². The predicted molar refractivity (Wildman–Crippen MR) is 105 cm³/mol. The molecular formula is C17H23N7S. The second-order valence-electron chi connectivity index (χ2n) is 5.59. The molecule has 0 aliphatic rings. The van der Waals surface area contributed by atoms with Gasteiger partial charge in [0.1, 0.15) is 10.8 Å². The number of nitrogens with one attached hydrogen (secondary N) is 1. The molecule has 0 bridgehead atoms. The molecule has 0 aliphatic heterocycles. The Labute approximate surface area is 151 Å². The highest BCUT2D eigenvalue weighted by atomic mass is 32.1. The Morgan fingerprint density at radius 3 is 2.44 bits per heavy atom. The van der Waals surface area contributed by atoms with E-state index in [9.17, 15) is 0 Å². The van der Waals surface area contributed by atoms with E-state index in [4.69, 9.17) is 22.6 Å². The van der Waals surface area contributed by atoms with E-state index in [1.807, 2.05) is 6.92 Å². The van der Waals surface area contributed by atoms with Crippen LogP contribution in [0.3, 0.4) is 0 Å². The standard InChI is InChI=1S/C17H23N7S/c1-3-4-5-11-6-8-12(9-7-11)15-22-10(2)13(25-15)14(18)23-17(21)24-16(19)20/h6-9H,3-5H2,1-2H3,(H7,18,19,20,21,23,24). The van der Waals surface area contributed by atoms with Crippen molar-refractivity contribution in [3.05, 3.63) is 40.4 Å². The van der Waals surface area contributed by atoms with E-state index in [-0.39, 0.29) is 17.8 Å². The van der Waals surface area contributed by atoms with Crippen LogP contribution >= 0.6 is 11.3 Å². The Hall–Kier alpha value is -2.74. The highest BCUT2D eigenvalue weighted by Gasteiger charge is 2.13. The van der Waals surface area contributed by atoms with E-state index in [2.05, 4.69) is 46.2 Å². The molecule has 0 fully saturated rings. The van der Waals surface area contributed by atoms with E-state index in [1.165, 1.54) is 29.7 Å². The van der Waals surface area contributed by atoms with E-state index < -0.39 is 0 Å². The molecule has 0 unspecified atom stereocenters. The number of unbranched alkanes of at least 4 members (excludes halogenated alkanes) is 1. The molecular weight excluding hydrogens is 334 g/mol. The summed E-state index contributed by atoms with van der Waals surface area (Å²) in [5.41, 5.74) is 19.5. The maximum atomic E-state index is 7.59. The molecule has 1 aromatic heterocycles. The third-order valence-corrected chi connectivity index (χ3v) is 4.74. The zero-order valence-electron chi connectivity index (χ0n) is 14.4. The number of amidine groups is 1. The summed E-state index contributed by atoms with van der Waals surface area (Å²) in [6.07, 6.45) is 3.46. The lowest BCUT2D eigenvalue weighted by Gasteiger charge is -2.01. The fraction of sp³-hybridized carbons (Fsp3) is 0.294. The van der Waals surface area contributed by atoms with Crippen molar-refractivity contribution in [2.24, 2.45) is 27.2 Å². The van der Waals surface area contributed by atoms with Crippen LogP contribution in [0.4, 0.5) is 0 Å². The topological polar surface area (TPSA) is 140 Å². The molecule has 7 N–H and O–H groups in total. The summed E-state index contributed by atoms with van der Waals surface area (Å²) in [5.74, 6) is -0.394. The highest BCUT2D eigenvalue weighted by molar-refractivity contribution is 7.17. The minimum Gasteiger partial charge on any atom is -0.382 e. The number of nitrogens with zero attached hydrogens (tertiary/aromatic N) is 3. The first-order valence-electron chi connectivity index (χ1n) is 8.00. The zero-order valence-corrected chi connectivity index (χ0v) is 15.2. The first kappa shape index (κ1) is 18.6. The first-order valence-corrected chi connectivity index (χ1v) is 8.81. The highest BCUT2D eigenvalue weighted by Crippen LogP contribution is 2.28. The quantitative estimate of drug-likeness (QED) is 0.481. The van der Waals surface area contributed by atoms with Gasteiger partial charge in [-0.2, -0.15) is 9.98 Å². The van der Waals surface area contributed by atoms with E-state index >= 15 is 0 Å². The lowest BCUT2D eigenvalue weighted by molar-refractivity contribution is 0.795. The molecule has 0 saturated carbocycles. The summed E-state index contributed by atoms with van der Waals surface area (Å²) in [6, 6.07) is 8.41. The minimum atomic E-state index is -0.341. The van der Waals surface area contributed by atoms with Gasteiger partial charge in [0.15, 0.2) is 5.96 Å². The van der Waals surface area contributed by atoms with Gasteiger partial charge in [-0.1, -0.05) is 37.6 Å². The number of benzene rings is 1. The molecule has 1 heterocycles. The van der Waals surface area contributed by atoms with Crippen LogP contribution in [0.25, 0.3) is 10.6 Å².